The predicted octanol–water partition coefficient (Wildman–Crippen LogP) is 2.18. The van der Waals surface area contributed by atoms with E-state index in [4.69, 9.17) is 4.52 Å². The molecule has 1 amide bonds. The fourth-order valence-corrected chi connectivity index (χ4v) is 3.39. The molecule has 0 bridgehead atoms. The summed E-state index contributed by atoms with van der Waals surface area (Å²) in [4.78, 5) is 16.7. The van der Waals surface area contributed by atoms with E-state index in [1.165, 1.54) is 0 Å². The van der Waals surface area contributed by atoms with Gasteiger partial charge in [-0.2, -0.15) is 4.52 Å². The maximum absolute atomic E-state index is 12.7. The van der Waals surface area contributed by atoms with Gasteiger partial charge in [-0.3, -0.25) is 4.79 Å². The molecule has 0 N–H and O–H groups in total. The Hall–Kier alpha value is -3.49. The number of carbonyl (C=O) groups is 1. The first-order chi connectivity index (χ1) is 14.3. The molecule has 1 aliphatic heterocycles. The third kappa shape index (κ3) is 3.75. The molecular formula is C20H23N7O2. The Morgan fingerprint density at radius 3 is 2.69 bits per heavy atom. The monoisotopic (exact) mass is 393 g/mol. The molecule has 3 aromatic heterocycles. The zero-order valence-corrected chi connectivity index (χ0v) is 16.5. The van der Waals surface area contributed by atoms with Crippen molar-refractivity contribution < 1.29 is 9.32 Å². The Bertz CT molecular complexity index is 1110. The number of hydrogen-bond acceptors (Lipinski definition) is 7. The molecule has 1 fully saturated rings. The van der Waals surface area contributed by atoms with Gasteiger partial charge in [-0.15, -0.1) is 15.3 Å². The van der Waals surface area contributed by atoms with Crippen molar-refractivity contribution >= 4 is 28.3 Å². The highest BCUT2D eigenvalue weighted by Crippen LogP contribution is 2.19. The number of hydrogen-bond donors (Lipinski definition) is 0. The van der Waals surface area contributed by atoms with Crippen LogP contribution in [0.3, 0.4) is 0 Å². The number of aromatic nitrogens is 5. The summed E-state index contributed by atoms with van der Waals surface area (Å²) in [5, 5.41) is 17.3. The van der Waals surface area contributed by atoms with Crippen molar-refractivity contribution in [2.45, 2.75) is 20.3 Å². The van der Waals surface area contributed by atoms with E-state index in [1.807, 2.05) is 55.1 Å². The normalized spacial score (nSPS) is 14.1. The zero-order valence-electron chi connectivity index (χ0n) is 16.5. The topological polar surface area (TPSA) is 92.7 Å². The largest absolute Gasteiger partial charge is 0.356 e. The fourth-order valence-electron chi connectivity index (χ4n) is 3.39. The molecular weight excluding hydrogens is 370 g/mol. The summed E-state index contributed by atoms with van der Waals surface area (Å²) in [5.41, 5.74) is 2.12. The number of anilines is 1. The highest BCUT2D eigenvalue weighted by atomic mass is 16.5. The zero-order chi connectivity index (χ0) is 20.2. The van der Waals surface area contributed by atoms with Crippen LogP contribution >= 0.6 is 0 Å². The molecule has 9 nitrogen and oxygen atoms in total. The molecule has 150 valence electrons. The van der Waals surface area contributed by atoms with Crippen LogP contribution in [-0.4, -0.2) is 62.0 Å². The average Bonchev–Trinajstić information content (AvgIpc) is 3.42. The van der Waals surface area contributed by atoms with Gasteiger partial charge in [0.25, 0.3) is 0 Å². The van der Waals surface area contributed by atoms with Crippen molar-refractivity contribution in [1.82, 2.24) is 29.9 Å². The summed E-state index contributed by atoms with van der Waals surface area (Å²) in [6.07, 6.45) is 1.84. The van der Waals surface area contributed by atoms with E-state index < -0.39 is 0 Å². The number of fused-ring (bicyclic) bond motifs is 2. The minimum Gasteiger partial charge on any atom is -0.356 e. The van der Waals surface area contributed by atoms with Crippen LogP contribution in [0.15, 0.2) is 47.2 Å². The quantitative estimate of drug-likeness (QED) is 0.527. The number of nitrogens with zero attached hydrogens (tertiary/aromatic N) is 7. The molecule has 0 spiro atoms. The first-order valence-corrected chi connectivity index (χ1v) is 9.81. The summed E-state index contributed by atoms with van der Waals surface area (Å²) in [7, 11) is 0. The first kappa shape index (κ1) is 18.9. The third-order valence-electron chi connectivity index (χ3n) is 4.87. The van der Waals surface area contributed by atoms with E-state index in [0.717, 1.165) is 24.3 Å². The van der Waals surface area contributed by atoms with Gasteiger partial charge in [0.1, 0.15) is 17.8 Å². The first-order valence-electron chi connectivity index (χ1n) is 9.81. The molecule has 29 heavy (non-hydrogen) atoms. The molecule has 0 unspecified atom stereocenters. The van der Waals surface area contributed by atoms with E-state index in [2.05, 4.69) is 25.4 Å². The van der Waals surface area contributed by atoms with Gasteiger partial charge in [-0.1, -0.05) is 31.1 Å². The van der Waals surface area contributed by atoms with Gasteiger partial charge in [0.05, 0.1) is 6.42 Å². The Kier molecular flexibility index (Phi) is 5.37. The second-order valence-corrected chi connectivity index (χ2v) is 6.50. The third-order valence-corrected chi connectivity index (χ3v) is 4.87. The van der Waals surface area contributed by atoms with Gasteiger partial charge in [-0.25, -0.2) is 0 Å². The van der Waals surface area contributed by atoms with Gasteiger partial charge in [-0.05, 0) is 24.3 Å². The molecule has 4 aromatic rings. The second-order valence-electron chi connectivity index (χ2n) is 6.50. The number of benzene rings is 1. The van der Waals surface area contributed by atoms with Crippen molar-refractivity contribution in [2.24, 2.45) is 0 Å². The minimum absolute atomic E-state index is 0.0657. The Labute approximate surface area is 167 Å². The highest BCUT2D eigenvalue weighted by molar-refractivity contribution is 5.86. The molecule has 1 aliphatic rings. The summed E-state index contributed by atoms with van der Waals surface area (Å²) in [5.74, 6) is 0.924. The lowest BCUT2D eigenvalue weighted by atomic mass is 10.1. The number of piperazine rings is 1. The summed E-state index contributed by atoms with van der Waals surface area (Å²) in [6, 6.07) is 11.4. The summed E-state index contributed by atoms with van der Waals surface area (Å²) < 4.78 is 6.95. The lowest BCUT2D eigenvalue weighted by molar-refractivity contribution is -0.130. The molecule has 9 heteroatoms. The van der Waals surface area contributed by atoms with Crippen molar-refractivity contribution in [3.8, 4) is 0 Å². The molecule has 0 saturated carbocycles. The van der Waals surface area contributed by atoms with E-state index in [-0.39, 0.29) is 12.3 Å². The SMILES string of the molecule is CC.O=C(Cc1noc2ccccc12)N1CCN(c2ccc3nncn3n2)CC1. The van der Waals surface area contributed by atoms with Crippen LogP contribution in [0.1, 0.15) is 19.5 Å². The molecule has 1 aromatic carbocycles. The van der Waals surface area contributed by atoms with Gasteiger partial charge < -0.3 is 14.3 Å². The van der Waals surface area contributed by atoms with Crippen LogP contribution < -0.4 is 4.90 Å². The lowest BCUT2D eigenvalue weighted by Gasteiger charge is -2.35. The lowest BCUT2D eigenvalue weighted by Crippen LogP contribution is -2.49. The van der Waals surface area contributed by atoms with Crippen molar-refractivity contribution in [2.75, 3.05) is 31.1 Å². The van der Waals surface area contributed by atoms with E-state index in [9.17, 15) is 4.79 Å². The van der Waals surface area contributed by atoms with Gasteiger partial charge >= 0.3 is 0 Å². The smallest absolute Gasteiger partial charge is 0.228 e. The van der Waals surface area contributed by atoms with Crippen LogP contribution in [0.2, 0.25) is 0 Å². The van der Waals surface area contributed by atoms with Crippen molar-refractivity contribution in [3.05, 3.63) is 48.4 Å². The number of para-hydroxylation sites is 1. The molecule has 1 saturated heterocycles. The van der Waals surface area contributed by atoms with Crippen LogP contribution in [0.4, 0.5) is 5.82 Å². The number of carbonyl (C=O) groups excluding carboxylic acids is 1. The molecule has 0 atom stereocenters. The fraction of sp³-hybridized carbons (Fsp3) is 0.350. The van der Waals surface area contributed by atoms with E-state index in [1.54, 1.807) is 10.8 Å². The van der Waals surface area contributed by atoms with Crippen molar-refractivity contribution in [3.63, 3.8) is 0 Å². The van der Waals surface area contributed by atoms with Gasteiger partial charge in [0.15, 0.2) is 11.2 Å². The summed E-state index contributed by atoms with van der Waals surface area (Å²) in [6.45, 7) is 6.75. The predicted molar refractivity (Wildman–Crippen MR) is 109 cm³/mol. The highest BCUT2D eigenvalue weighted by Gasteiger charge is 2.23. The van der Waals surface area contributed by atoms with Gasteiger partial charge in [0, 0.05) is 31.6 Å². The second kappa shape index (κ2) is 8.26. The molecule has 5 rings (SSSR count). The van der Waals surface area contributed by atoms with Crippen LogP contribution in [0, 0.1) is 0 Å². The summed E-state index contributed by atoms with van der Waals surface area (Å²) >= 11 is 0. The van der Waals surface area contributed by atoms with Crippen LogP contribution in [0.25, 0.3) is 16.6 Å². The van der Waals surface area contributed by atoms with Crippen molar-refractivity contribution in [1.29, 1.82) is 0 Å². The average molecular weight is 393 g/mol. The molecule has 0 radical (unpaired) electrons. The standard InChI is InChI=1S/C18H17N7O2.C2H6/c26-18(11-14-13-3-1-2-4-15(13)27-22-14)24-9-7-23(8-10-24)17-6-5-16-20-19-12-25(16)21-17;1-2/h1-6,12H,7-11H2;1-2H3. The maximum atomic E-state index is 12.7. The number of rotatable bonds is 3. The number of amides is 1. The van der Waals surface area contributed by atoms with E-state index in [0.29, 0.717) is 30.0 Å². The van der Waals surface area contributed by atoms with E-state index >= 15 is 0 Å². The van der Waals surface area contributed by atoms with Crippen LogP contribution in [0.5, 0.6) is 0 Å². The maximum Gasteiger partial charge on any atom is 0.228 e. The molecule has 4 heterocycles. The van der Waals surface area contributed by atoms with Crippen LogP contribution in [-0.2, 0) is 11.2 Å². The van der Waals surface area contributed by atoms with Gasteiger partial charge in [0.2, 0.25) is 5.91 Å². The Morgan fingerprint density at radius 2 is 1.86 bits per heavy atom. The molecule has 0 aliphatic carbocycles. The Balaban J connectivity index is 0.000000994. The Morgan fingerprint density at radius 1 is 1.07 bits per heavy atom. The minimum atomic E-state index is 0.0657.